The molecule has 22 heavy (non-hydrogen) atoms. The minimum Gasteiger partial charge on any atom is -0.444 e. The Morgan fingerprint density at radius 3 is 2.32 bits per heavy atom. The topological polar surface area (TPSA) is 76.7 Å². The van der Waals surface area contributed by atoms with E-state index in [2.05, 4.69) is 10.3 Å². The number of ether oxygens (including phenoxy) is 1. The van der Waals surface area contributed by atoms with Crippen LogP contribution in [0.15, 0.2) is 47.2 Å². The van der Waals surface area contributed by atoms with E-state index < -0.39 is 11.7 Å². The number of alkyl carbamates (subject to hydrolysis) is 1. The van der Waals surface area contributed by atoms with E-state index in [4.69, 9.17) is 10.5 Å². The lowest BCUT2D eigenvalue weighted by atomic mass is 10.1. The lowest BCUT2D eigenvalue weighted by Gasteiger charge is -2.21. The predicted octanol–water partition coefficient (Wildman–Crippen LogP) is 3.74. The third-order valence-electron chi connectivity index (χ3n) is 2.63. The summed E-state index contributed by atoms with van der Waals surface area (Å²) in [7, 11) is 0. The van der Waals surface area contributed by atoms with Crippen molar-refractivity contribution >= 4 is 17.5 Å². The van der Waals surface area contributed by atoms with Crippen LogP contribution in [0.2, 0.25) is 0 Å². The molecule has 0 unspecified atom stereocenters. The summed E-state index contributed by atoms with van der Waals surface area (Å²) in [4.78, 5) is 16.5. The van der Waals surface area contributed by atoms with Crippen molar-refractivity contribution in [2.75, 3.05) is 0 Å². The molecule has 0 aromatic heterocycles. The Balaban J connectivity index is 2.98. The molecule has 0 saturated heterocycles. The van der Waals surface area contributed by atoms with E-state index in [1.807, 2.05) is 44.2 Å². The van der Waals surface area contributed by atoms with Gasteiger partial charge in [0.2, 0.25) is 0 Å². The molecule has 0 fully saturated rings. The van der Waals surface area contributed by atoms with Crippen LogP contribution >= 0.6 is 0 Å². The van der Waals surface area contributed by atoms with Crippen LogP contribution in [-0.2, 0) is 4.74 Å². The average molecular weight is 303 g/mol. The van der Waals surface area contributed by atoms with Crippen molar-refractivity contribution in [2.24, 2.45) is 16.6 Å². The second kappa shape index (κ2) is 7.64. The smallest absolute Gasteiger partial charge is 0.412 e. The molecule has 0 bridgehead atoms. The standard InChI is InChI=1S/C17H25N3O2/c1-12(2)15(19-13-9-7-6-8-10-13)14(11-18)20-16(21)22-17(3,4)5/h6-12H,18H2,1-5H3,(H,20,21). The molecule has 0 saturated carbocycles. The molecule has 1 rings (SSSR count). The summed E-state index contributed by atoms with van der Waals surface area (Å²) in [5.74, 6) is 0.0879. The Hall–Kier alpha value is -2.30. The van der Waals surface area contributed by atoms with Crippen molar-refractivity contribution in [1.29, 1.82) is 0 Å². The molecular formula is C17H25N3O2. The molecule has 0 aliphatic carbocycles. The highest BCUT2D eigenvalue weighted by Gasteiger charge is 2.20. The zero-order valence-corrected chi connectivity index (χ0v) is 13.9. The number of benzene rings is 1. The largest absolute Gasteiger partial charge is 0.444 e. The van der Waals surface area contributed by atoms with Crippen molar-refractivity contribution in [3.63, 3.8) is 0 Å². The third-order valence-corrected chi connectivity index (χ3v) is 2.63. The molecule has 1 amide bonds. The van der Waals surface area contributed by atoms with Gasteiger partial charge in [0.15, 0.2) is 0 Å². The maximum Gasteiger partial charge on any atom is 0.412 e. The van der Waals surface area contributed by atoms with E-state index >= 15 is 0 Å². The fourth-order valence-electron chi connectivity index (χ4n) is 1.75. The maximum absolute atomic E-state index is 11.9. The molecule has 1 aromatic carbocycles. The summed E-state index contributed by atoms with van der Waals surface area (Å²) in [6.07, 6.45) is 0.789. The molecule has 5 heteroatoms. The number of aliphatic imine (C=N–C) groups is 1. The first-order chi connectivity index (χ1) is 10.2. The van der Waals surface area contributed by atoms with Crippen LogP contribution in [0.5, 0.6) is 0 Å². The fourth-order valence-corrected chi connectivity index (χ4v) is 1.75. The summed E-state index contributed by atoms with van der Waals surface area (Å²) in [5.41, 5.74) is 7.04. The van der Waals surface area contributed by atoms with Gasteiger partial charge in [0, 0.05) is 6.20 Å². The second-order valence-corrected chi connectivity index (χ2v) is 6.19. The molecule has 0 atom stereocenters. The van der Waals surface area contributed by atoms with Gasteiger partial charge in [-0.25, -0.2) is 4.79 Å². The Bertz CT molecular complexity index is 555. The number of allylic oxidation sites excluding steroid dienone is 1. The van der Waals surface area contributed by atoms with Crippen LogP contribution in [-0.4, -0.2) is 17.4 Å². The van der Waals surface area contributed by atoms with Gasteiger partial charge in [0.1, 0.15) is 5.60 Å². The highest BCUT2D eigenvalue weighted by Crippen LogP contribution is 2.16. The van der Waals surface area contributed by atoms with Crippen molar-refractivity contribution < 1.29 is 9.53 Å². The van der Waals surface area contributed by atoms with Crippen molar-refractivity contribution in [3.8, 4) is 0 Å². The zero-order chi connectivity index (χ0) is 16.8. The number of hydrogen-bond acceptors (Lipinski definition) is 4. The lowest BCUT2D eigenvalue weighted by molar-refractivity contribution is 0.0548. The molecular weight excluding hydrogens is 278 g/mol. The van der Waals surface area contributed by atoms with Gasteiger partial charge in [-0.05, 0) is 38.8 Å². The van der Waals surface area contributed by atoms with E-state index in [0.717, 1.165) is 5.69 Å². The van der Waals surface area contributed by atoms with E-state index in [-0.39, 0.29) is 5.92 Å². The number of rotatable bonds is 4. The highest BCUT2D eigenvalue weighted by atomic mass is 16.6. The molecule has 0 aliphatic heterocycles. The van der Waals surface area contributed by atoms with Gasteiger partial charge in [0.05, 0.1) is 17.1 Å². The molecule has 1 aromatic rings. The molecule has 5 nitrogen and oxygen atoms in total. The number of nitrogens with zero attached hydrogens (tertiary/aromatic N) is 1. The first kappa shape index (κ1) is 17.8. The average Bonchev–Trinajstić information content (AvgIpc) is 2.41. The molecule has 0 heterocycles. The van der Waals surface area contributed by atoms with Crippen LogP contribution in [0.4, 0.5) is 10.5 Å². The lowest BCUT2D eigenvalue weighted by Crippen LogP contribution is -2.35. The number of nitrogens with one attached hydrogen (secondary N) is 1. The Labute approximate surface area is 132 Å². The first-order valence-electron chi connectivity index (χ1n) is 7.29. The van der Waals surface area contributed by atoms with E-state index in [1.54, 1.807) is 20.8 Å². The quantitative estimate of drug-likeness (QED) is 0.832. The molecule has 0 aliphatic rings. The molecule has 3 N–H and O–H groups in total. The fraction of sp³-hybridized carbons (Fsp3) is 0.412. The van der Waals surface area contributed by atoms with Gasteiger partial charge < -0.3 is 10.5 Å². The Kier molecular flexibility index (Phi) is 6.16. The predicted molar refractivity (Wildman–Crippen MR) is 90.0 cm³/mol. The number of amides is 1. The summed E-state index contributed by atoms with van der Waals surface area (Å²) in [6, 6.07) is 9.52. The summed E-state index contributed by atoms with van der Waals surface area (Å²) < 4.78 is 5.25. The van der Waals surface area contributed by atoms with Crippen LogP contribution in [0.25, 0.3) is 0 Å². The molecule has 120 valence electrons. The summed E-state index contributed by atoms with van der Waals surface area (Å²) in [5, 5.41) is 2.67. The zero-order valence-electron chi connectivity index (χ0n) is 13.9. The van der Waals surface area contributed by atoms with Gasteiger partial charge >= 0.3 is 6.09 Å². The molecule has 0 radical (unpaired) electrons. The highest BCUT2D eigenvalue weighted by molar-refractivity contribution is 6.04. The van der Waals surface area contributed by atoms with Gasteiger partial charge in [-0.1, -0.05) is 32.0 Å². The van der Waals surface area contributed by atoms with E-state index in [9.17, 15) is 4.79 Å². The van der Waals surface area contributed by atoms with Crippen molar-refractivity contribution in [3.05, 3.63) is 42.2 Å². The van der Waals surface area contributed by atoms with Crippen LogP contribution < -0.4 is 11.1 Å². The number of carbonyl (C=O) groups excluding carboxylic acids is 1. The van der Waals surface area contributed by atoms with E-state index in [0.29, 0.717) is 11.4 Å². The van der Waals surface area contributed by atoms with Crippen LogP contribution in [0, 0.1) is 5.92 Å². The van der Waals surface area contributed by atoms with Crippen LogP contribution in [0.3, 0.4) is 0 Å². The van der Waals surface area contributed by atoms with Gasteiger partial charge in [-0.3, -0.25) is 10.3 Å². The monoisotopic (exact) mass is 303 g/mol. The van der Waals surface area contributed by atoms with Gasteiger partial charge in [-0.2, -0.15) is 0 Å². The summed E-state index contributed by atoms with van der Waals surface area (Å²) >= 11 is 0. The van der Waals surface area contributed by atoms with Gasteiger partial charge in [-0.15, -0.1) is 0 Å². The number of hydrogen-bond donors (Lipinski definition) is 2. The number of nitrogens with two attached hydrogens (primary N) is 1. The number of carbonyl (C=O) groups is 1. The van der Waals surface area contributed by atoms with Crippen molar-refractivity contribution in [2.45, 2.75) is 40.2 Å². The molecule has 0 spiro atoms. The Morgan fingerprint density at radius 2 is 1.86 bits per heavy atom. The first-order valence-corrected chi connectivity index (χ1v) is 7.29. The van der Waals surface area contributed by atoms with Crippen molar-refractivity contribution in [1.82, 2.24) is 5.32 Å². The SMILES string of the molecule is CC(C)C(=Nc1ccccc1)C(=CN)NC(=O)OC(C)(C)C. The van der Waals surface area contributed by atoms with E-state index in [1.165, 1.54) is 6.20 Å². The summed E-state index contributed by atoms with van der Waals surface area (Å²) in [6.45, 7) is 9.39. The van der Waals surface area contributed by atoms with Gasteiger partial charge in [0.25, 0.3) is 0 Å². The minimum absolute atomic E-state index is 0.0879. The Morgan fingerprint density at radius 1 is 1.27 bits per heavy atom. The number of para-hydroxylation sites is 1. The third kappa shape index (κ3) is 5.99. The minimum atomic E-state index is -0.571. The second-order valence-electron chi connectivity index (χ2n) is 6.19. The maximum atomic E-state index is 11.9. The van der Waals surface area contributed by atoms with Crippen LogP contribution in [0.1, 0.15) is 34.6 Å². The normalized spacial score (nSPS) is 13.2.